The molecule has 1 heterocycles. The predicted octanol–water partition coefficient (Wildman–Crippen LogP) is 4.84. The van der Waals surface area contributed by atoms with Gasteiger partial charge in [-0.15, -0.1) is 0 Å². The van der Waals surface area contributed by atoms with Crippen LogP contribution in [0.4, 0.5) is 5.69 Å². The van der Waals surface area contributed by atoms with E-state index in [2.05, 4.69) is 53.5 Å². The van der Waals surface area contributed by atoms with Crippen LogP contribution in [0, 0.1) is 0 Å². The summed E-state index contributed by atoms with van der Waals surface area (Å²) >= 11 is 0. The summed E-state index contributed by atoms with van der Waals surface area (Å²) in [5, 5.41) is 9.12. The average Bonchev–Trinajstić information content (AvgIpc) is 3.21. The number of hydrogen-bond acceptors (Lipinski definition) is 3. The Bertz CT molecular complexity index is 968. The maximum Gasteiger partial charge on any atom is 0.138 e. The van der Waals surface area contributed by atoms with Crippen LogP contribution in [-0.2, 0) is 0 Å². The Labute approximate surface area is 165 Å². The Balaban J connectivity index is 1.76. The number of likely N-dealkylation sites (N-methyl/N-ethyl adjacent to an activating group) is 1. The molecule has 1 aromatic heterocycles. The molecule has 4 nitrogen and oxygen atoms in total. The zero-order valence-corrected chi connectivity index (χ0v) is 15.8. The van der Waals surface area contributed by atoms with Crippen molar-refractivity contribution in [2.45, 2.75) is 0 Å². The lowest BCUT2D eigenvalue weighted by molar-refractivity contribution is 0.304. The molecule has 3 aromatic carbocycles. The average molecular weight is 369 g/mol. The van der Waals surface area contributed by atoms with Gasteiger partial charge in [-0.05, 0) is 24.3 Å². The molecule has 0 aliphatic heterocycles. The highest BCUT2D eigenvalue weighted by atomic mass is 16.3. The van der Waals surface area contributed by atoms with Gasteiger partial charge in [-0.2, -0.15) is 0 Å². The number of rotatable bonds is 6. The second-order valence-electron chi connectivity index (χ2n) is 6.73. The van der Waals surface area contributed by atoms with E-state index in [-0.39, 0.29) is 6.61 Å². The highest BCUT2D eigenvalue weighted by Gasteiger charge is 2.15. The highest BCUT2D eigenvalue weighted by Crippen LogP contribution is 2.33. The van der Waals surface area contributed by atoms with Crippen molar-refractivity contribution in [3.8, 4) is 33.9 Å². The number of aromatic nitrogens is 2. The molecule has 0 saturated carbocycles. The molecule has 0 atom stereocenters. The number of H-pyrrole nitrogens is 1. The maximum absolute atomic E-state index is 9.12. The summed E-state index contributed by atoms with van der Waals surface area (Å²) in [5.41, 5.74) is 6.26. The molecule has 0 aliphatic carbocycles. The minimum atomic E-state index is 0.136. The summed E-state index contributed by atoms with van der Waals surface area (Å²) in [6.45, 7) is 0.744. The molecular formula is C24H23N3O. The van der Waals surface area contributed by atoms with Gasteiger partial charge in [0.15, 0.2) is 0 Å². The zero-order chi connectivity index (χ0) is 19.3. The molecule has 0 fully saturated rings. The molecule has 2 N–H and O–H groups in total. The lowest BCUT2D eigenvalue weighted by Gasteiger charge is -2.17. The molecule has 0 radical (unpaired) electrons. The Hall–Kier alpha value is -3.37. The lowest BCUT2D eigenvalue weighted by atomic mass is 10.1. The number of benzene rings is 3. The van der Waals surface area contributed by atoms with Crippen molar-refractivity contribution in [1.82, 2.24) is 9.97 Å². The summed E-state index contributed by atoms with van der Waals surface area (Å²) in [5.74, 6) is 0.842. The van der Waals surface area contributed by atoms with E-state index in [1.807, 2.05) is 48.3 Å². The van der Waals surface area contributed by atoms with Gasteiger partial charge < -0.3 is 15.0 Å². The van der Waals surface area contributed by atoms with Crippen LogP contribution >= 0.6 is 0 Å². The van der Waals surface area contributed by atoms with Crippen molar-refractivity contribution in [1.29, 1.82) is 0 Å². The number of nitrogens with one attached hydrogen (secondary N) is 1. The van der Waals surface area contributed by atoms with Gasteiger partial charge in [0.2, 0.25) is 0 Å². The number of hydrogen-bond donors (Lipinski definition) is 2. The van der Waals surface area contributed by atoms with E-state index in [1.165, 1.54) is 0 Å². The minimum Gasteiger partial charge on any atom is -0.395 e. The van der Waals surface area contributed by atoms with Gasteiger partial charge in [0.25, 0.3) is 0 Å². The quantitative estimate of drug-likeness (QED) is 0.511. The molecule has 4 aromatic rings. The van der Waals surface area contributed by atoms with Gasteiger partial charge in [-0.25, -0.2) is 4.98 Å². The number of nitrogens with zero attached hydrogens (tertiary/aromatic N) is 2. The predicted molar refractivity (Wildman–Crippen MR) is 115 cm³/mol. The first-order valence-electron chi connectivity index (χ1n) is 9.39. The number of aliphatic hydroxyl groups excluding tert-OH is 1. The first kappa shape index (κ1) is 18.0. The van der Waals surface area contributed by atoms with Gasteiger partial charge >= 0.3 is 0 Å². The topological polar surface area (TPSA) is 52.1 Å². The number of anilines is 1. The Morgan fingerprint density at radius 3 is 2.00 bits per heavy atom. The van der Waals surface area contributed by atoms with E-state index in [4.69, 9.17) is 10.1 Å². The fourth-order valence-corrected chi connectivity index (χ4v) is 3.28. The third-order valence-corrected chi connectivity index (χ3v) is 4.83. The van der Waals surface area contributed by atoms with Crippen LogP contribution in [0.5, 0.6) is 0 Å². The van der Waals surface area contributed by atoms with Gasteiger partial charge in [0.1, 0.15) is 5.82 Å². The fourth-order valence-electron chi connectivity index (χ4n) is 3.28. The van der Waals surface area contributed by atoms with Crippen LogP contribution in [0.1, 0.15) is 0 Å². The third-order valence-electron chi connectivity index (χ3n) is 4.83. The number of aromatic amines is 1. The Morgan fingerprint density at radius 1 is 0.786 bits per heavy atom. The van der Waals surface area contributed by atoms with Crippen molar-refractivity contribution >= 4 is 5.69 Å². The highest BCUT2D eigenvalue weighted by molar-refractivity contribution is 5.81. The largest absolute Gasteiger partial charge is 0.395 e. The molecule has 0 aliphatic rings. The van der Waals surface area contributed by atoms with Gasteiger partial charge in [-0.3, -0.25) is 0 Å². The third kappa shape index (κ3) is 3.68. The molecule has 0 unspecified atom stereocenters. The lowest BCUT2D eigenvalue weighted by Crippen LogP contribution is -2.20. The van der Waals surface area contributed by atoms with Gasteiger partial charge in [0, 0.05) is 36.0 Å². The molecule has 0 bridgehead atoms. The normalized spacial score (nSPS) is 10.8. The van der Waals surface area contributed by atoms with Crippen molar-refractivity contribution in [2.75, 3.05) is 25.1 Å². The molecule has 0 saturated heterocycles. The van der Waals surface area contributed by atoms with Gasteiger partial charge in [0.05, 0.1) is 18.0 Å². The summed E-state index contributed by atoms with van der Waals surface area (Å²) in [7, 11) is 1.97. The van der Waals surface area contributed by atoms with Crippen LogP contribution in [0.2, 0.25) is 0 Å². The standard InChI is InChI=1S/C24H23N3O/c1-27(16-17-28)21-14-12-20(13-15-21)24-25-22(18-8-4-2-5-9-18)23(26-24)19-10-6-3-7-11-19/h2-15,28H,16-17H2,1H3,(H,25,26). The van der Waals surface area contributed by atoms with Crippen molar-refractivity contribution < 1.29 is 5.11 Å². The van der Waals surface area contributed by atoms with Crippen LogP contribution < -0.4 is 4.90 Å². The minimum absolute atomic E-state index is 0.136. The number of aliphatic hydroxyl groups is 1. The SMILES string of the molecule is CN(CCO)c1ccc(-c2nc(-c3ccccc3)c(-c3ccccc3)[nH]2)cc1. The molecule has 4 heteroatoms. The van der Waals surface area contributed by atoms with Crippen molar-refractivity contribution in [3.05, 3.63) is 84.9 Å². The van der Waals surface area contributed by atoms with E-state index in [0.29, 0.717) is 6.54 Å². The van der Waals surface area contributed by atoms with Crippen molar-refractivity contribution in [2.24, 2.45) is 0 Å². The van der Waals surface area contributed by atoms with E-state index >= 15 is 0 Å². The molecule has 0 spiro atoms. The van der Waals surface area contributed by atoms with E-state index in [1.54, 1.807) is 0 Å². The Morgan fingerprint density at radius 2 is 1.39 bits per heavy atom. The molecule has 4 rings (SSSR count). The van der Waals surface area contributed by atoms with Crippen molar-refractivity contribution in [3.63, 3.8) is 0 Å². The van der Waals surface area contributed by atoms with Crippen LogP contribution in [-0.4, -0.2) is 35.3 Å². The second-order valence-corrected chi connectivity index (χ2v) is 6.73. The van der Waals surface area contributed by atoms with E-state index in [9.17, 15) is 0 Å². The first-order chi connectivity index (χ1) is 13.8. The molecule has 0 amide bonds. The smallest absolute Gasteiger partial charge is 0.138 e. The number of imidazole rings is 1. The maximum atomic E-state index is 9.12. The summed E-state index contributed by atoms with van der Waals surface area (Å²) in [6.07, 6.45) is 0. The summed E-state index contributed by atoms with van der Waals surface area (Å²) in [4.78, 5) is 10.5. The molecule has 140 valence electrons. The monoisotopic (exact) mass is 369 g/mol. The second kappa shape index (κ2) is 8.11. The van der Waals surface area contributed by atoms with Crippen LogP contribution in [0.25, 0.3) is 33.9 Å². The van der Waals surface area contributed by atoms with Crippen LogP contribution in [0.15, 0.2) is 84.9 Å². The summed E-state index contributed by atoms with van der Waals surface area (Å²) < 4.78 is 0. The Kier molecular flexibility index (Phi) is 5.22. The zero-order valence-electron chi connectivity index (χ0n) is 15.8. The first-order valence-corrected chi connectivity index (χ1v) is 9.39. The molecular weight excluding hydrogens is 346 g/mol. The van der Waals surface area contributed by atoms with Gasteiger partial charge in [-0.1, -0.05) is 60.7 Å². The summed E-state index contributed by atoms with van der Waals surface area (Å²) in [6, 6.07) is 28.8. The molecule has 28 heavy (non-hydrogen) atoms. The van der Waals surface area contributed by atoms with E-state index in [0.717, 1.165) is 39.6 Å². The fraction of sp³-hybridized carbons (Fsp3) is 0.125. The van der Waals surface area contributed by atoms with E-state index < -0.39 is 0 Å². The van der Waals surface area contributed by atoms with Crippen LogP contribution in [0.3, 0.4) is 0 Å².